The number of rotatable bonds is 6. The molecule has 0 aliphatic carbocycles. The molecule has 6 heteroatoms. The predicted octanol–water partition coefficient (Wildman–Crippen LogP) is 3.42. The molecule has 2 N–H and O–H groups in total. The van der Waals surface area contributed by atoms with E-state index >= 15 is 0 Å². The van der Waals surface area contributed by atoms with Gasteiger partial charge in [-0.2, -0.15) is 4.72 Å². The summed E-state index contributed by atoms with van der Waals surface area (Å²) in [7, 11) is -3.87. The third-order valence-electron chi connectivity index (χ3n) is 4.27. The Kier molecular flexibility index (Phi) is 6.67. The van der Waals surface area contributed by atoms with E-state index in [0.29, 0.717) is 11.1 Å². The van der Waals surface area contributed by atoms with E-state index in [4.69, 9.17) is 0 Å². The van der Waals surface area contributed by atoms with Crippen LogP contribution in [0.3, 0.4) is 0 Å². The minimum atomic E-state index is -3.87. The number of hydrogen-bond donors (Lipinski definition) is 2. The fraction of sp³-hybridized carbons (Fsp3) is 0.409. The fourth-order valence-corrected chi connectivity index (χ4v) is 4.98. The van der Waals surface area contributed by atoms with Crippen LogP contribution in [0, 0.1) is 20.8 Å². The zero-order chi connectivity index (χ0) is 21.1. The molecule has 28 heavy (non-hydrogen) atoms. The monoisotopic (exact) mass is 402 g/mol. The van der Waals surface area contributed by atoms with Crippen LogP contribution in [0.1, 0.15) is 43.0 Å². The maximum absolute atomic E-state index is 13.2. The van der Waals surface area contributed by atoms with Crippen LogP contribution >= 0.6 is 0 Å². The fourth-order valence-electron chi connectivity index (χ4n) is 3.33. The molecule has 0 heterocycles. The van der Waals surface area contributed by atoms with E-state index in [1.807, 2.05) is 70.2 Å². The lowest BCUT2D eigenvalue weighted by atomic mass is 10.0. The number of aryl methyl sites for hydroxylation is 3. The van der Waals surface area contributed by atoms with Crippen LogP contribution in [0.15, 0.2) is 47.4 Å². The highest BCUT2D eigenvalue weighted by Crippen LogP contribution is 2.22. The number of carbonyl (C=O) groups excluding carboxylic acids is 1. The van der Waals surface area contributed by atoms with E-state index < -0.39 is 21.6 Å². The number of sulfonamides is 1. The highest BCUT2D eigenvalue weighted by Gasteiger charge is 2.30. The predicted molar refractivity (Wildman–Crippen MR) is 113 cm³/mol. The van der Waals surface area contributed by atoms with E-state index in [1.54, 1.807) is 13.8 Å². The van der Waals surface area contributed by atoms with Crippen LogP contribution in [-0.2, 0) is 21.2 Å². The molecule has 0 aliphatic rings. The molecule has 0 aromatic heterocycles. The topological polar surface area (TPSA) is 75.3 Å². The Balaban J connectivity index is 2.39. The van der Waals surface area contributed by atoms with Crippen LogP contribution in [0.25, 0.3) is 0 Å². The Morgan fingerprint density at radius 2 is 1.54 bits per heavy atom. The molecule has 2 rings (SSSR count). The van der Waals surface area contributed by atoms with Gasteiger partial charge in [0.15, 0.2) is 0 Å². The number of hydrogen-bond acceptors (Lipinski definition) is 3. The van der Waals surface area contributed by atoms with E-state index in [9.17, 15) is 13.2 Å². The van der Waals surface area contributed by atoms with Crippen LogP contribution in [-0.4, -0.2) is 25.9 Å². The molecular formula is C22H30N2O3S. The summed E-state index contributed by atoms with van der Waals surface area (Å²) in [6.45, 7) is 11.1. The summed E-state index contributed by atoms with van der Waals surface area (Å²) >= 11 is 0. The molecule has 0 bridgehead atoms. The third kappa shape index (κ3) is 5.91. The summed E-state index contributed by atoms with van der Waals surface area (Å²) in [5, 5.41) is 2.89. The molecule has 152 valence electrons. The first-order chi connectivity index (χ1) is 12.9. The molecule has 0 saturated heterocycles. The average Bonchev–Trinajstić information content (AvgIpc) is 2.52. The van der Waals surface area contributed by atoms with Crippen molar-refractivity contribution in [3.05, 3.63) is 64.7 Å². The summed E-state index contributed by atoms with van der Waals surface area (Å²) in [6.07, 6.45) is 0.270. The second kappa shape index (κ2) is 8.45. The van der Waals surface area contributed by atoms with Crippen LogP contribution in [0.4, 0.5) is 0 Å². The first-order valence-corrected chi connectivity index (χ1v) is 10.8. The summed E-state index contributed by atoms with van der Waals surface area (Å²) in [5.41, 5.74) is 2.75. The van der Waals surface area contributed by atoms with Gasteiger partial charge in [0, 0.05) is 5.54 Å². The van der Waals surface area contributed by atoms with Gasteiger partial charge in [-0.3, -0.25) is 4.79 Å². The Hall–Kier alpha value is -2.18. The van der Waals surface area contributed by atoms with Crippen molar-refractivity contribution in [1.82, 2.24) is 10.0 Å². The van der Waals surface area contributed by atoms with E-state index in [-0.39, 0.29) is 17.2 Å². The summed E-state index contributed by atoms with van der Waals surface area (Å²) in [6, 6.07) is 12.2. The number of amides is 1. The Labute approximate surface area is 168 Å². The first-order valence-electron chi connectivity index (χ1n) is 9.35. The largest absolute Gasteiger partial charge is 0.350 e. The van der Waals surface area contributed by atoms with Gasteiger partial charge in [0.25, 0.3) is 0 Å². The Bertz CT molecular complexity index is 922. The number of carbonyl (C=O) groups is 1. The maximum atomic E-state index is 13.2. The molecule has 0 radical (unpaired) electrons. The van der Waals surface area contributed by atoms with Gasteiger partial charge < -0.3 is 5.32 Å². The SMILES string of the molecule is Cc1cc(C)c(S(=O)(=O)N[C@H](Cc2ccccc2)C(=O)NC(C)(C)C)c(C)c1. The van der Waals surface area contributed by atoms with Gasteiger partial charge in [-0.05, 0) is 64.7 Å². The van der Waals surface area contributed by atoms with Crippen molar-refractivity contribution in [3.8, 4) is 0 Å². The molecule has 0 unspecified atom stereocenters. The van der Waals surface area contributed by atoms with E-state index in [2.05, 4.69) is 10.0 Å². The van der Waals surface area contributed by atoms with Gasteiger partial charge in [-0.1, -0.05) is 48.0 Å². The van der Waals surface area contributed by atoms with Gasteiger partial charge in [-0.25, -0.2) is 8.42 Å². The molecule has 1 amide bonds. The van der Waals surface area contributed by atoms with Crippen molar-refractivity contribution in [1.29, 1.82) is 0 Å². The molecule has 0 aliphatic heterocycles. The van der Waals surface area contributed by atoms with Crippen molar-refractivity contribution in [2.75, 3.05) is 0 Å². The van der Waals surface area contributed by atoms with Gasteiger partial charge >= 0.3 is 0 Å². The summed E-state index contributed by atoms with van der Waals surface area (Å²) in [5.74, 6) is -0.345. The Morgan fingerprint density at radius 1 is 1.00 bits per heavy atom. The third-order valence-corrected chi connectivity index (χ3v) is 6.04. The second-order valence-electron chi connectivity index (χ2n) is 8.33. The lowest BCUT2D eigenvalue weighted by molar-refractivity contribution is -0.124. The summed E-state index contributed by atoms with van der Waals surface area (Å²) in [4.78, 5) is 13.1. The van der Waals surface area contributed by atoms with Crippen LogP contribution < -0.4 is 10.0 Å². The Morgan fingerprint density at radius 3 is 2.04 bits per heavy atom. The van der Waals surface area contributed by atoms with E-state index in [1.165, 1.54) is 0 Å². The molecule has 2 aromatic carbocycles. The van der Waals surface area contributed by atoms with Crippen molar-refractivity contribution >= 4 is 15.9 Å². The molecule has 1 atom stereocenters. The average molecular weight is 403 g/mol. The lowest BCUT2D eigenvalue weighted by Gasteiger charge is -2.26. The normalized spacial score (nSPS) is 13.2. The lowest BCUT2D eigenvalue weighted by Crippen LogP contribution is -2.53. The minimum absolute atomic E-state index is 0.236. The van der Waals surface area contributed by atoms with E-state index in [0.717, 1.165) is 11.1 Å². The van der Waals surface area contributed by atoms with Gasteiger partial charge in [0.2, 0.25) is 15.9 Å². The molecule has 5 nitrogen and oxygen atoms in total. The van der Waals surface area contributed by atoms with Crippen LogP contribution in [0.5, 0.6) is 0 Å². The quantitative estimate of drug-likeness (QED) is 0.777. The molecule has 0 fully saturated rings. The summed E-state index contributed by atoms with van der Waals surface area (Å²) < 4.78 is 29.0. The van der Waals surface area contributed by atoms with Crippen molar-refractivity contribution < 1.29 is 13.2 Å². The smallest absolute Gasteiger partial charge is 0.241 e. The zero-order valence-corrected chi connectivity index (χ0v) is 18.3. The highest BCUT2D eigenvalue weighted by atomic mass is 32.2. The maximum Gasteiger partial charge on any atom is 0.241 e. The first kappa shape index (κ1) is 22.1. The van der Waals surface area contributed by atoms with Crippen molar-refractivity contribution in [3.63, 3.8) is 0 Å². The number of nitrogens with one attached hydrogen (secondary N) is 2. The van der Waals surface area contributed by atoms with Crippen LogP contribution in [0.2, 0.25) is 0 Å². The second-order valence-corrected chi connectivity index (χ2v) is 9.98. The van der Waals surface area contributed by atoms with Gasteiger partial charge in [0.1, 0.15) is 6.04 Å². The van der Waals surface area contributed by atoms with Gasteiger partial charge in [-0.15, -0.1) is 0 Å². The zero-order valence-electron chi connectivity index (χ0n) is 17.5. The molecular weight excluding hydrogens is 372 g/mol. The van der Waals surface area contributed by atoms with Crippen molar-refractivity contribution in [2.24, 2.45) is 0 Å². The molecule has 0 spiro atoms. The molecule has 0 saturated carbocycles. The standard InChI is InChI=1S/C22H30N2O3S/c1-15-12-16(2)20(17(3)13-15)28(26,27)24-19(21(25)23-22(4,5)6)14-18-10-8-7-9-11-18/h7-13,19,24H,14H2,1-6H3,(H,23,25)/t19-/m1/s1. The number of benzene rings is 2. The minimum Gasteiger partial charge on any atom is -0.350 e. The highest BCUT2D eigenvalue weighted by molar-refractivity contribution is 7.89. The molecule has 2 aromatic rings. The van der Waals surface area contributed by atoms with Crippen molar-refractivity contribution in [2.45, 2.75) is 64.4 Å². The van der Waals surface area contributed by atoms with Gasteiger partial charge in [0.05, 0.1) is 4.90 Å².